The Labute approximate surface area is 156 Å². The van der Waals surface area contributed by atoms with Crippen molar-refractivity contribution < 1.29 is 9.53 Å². The molecule has 0 aromatic heterocycles. The second-order valence-corrected chi connectivity index (χ2v) is 6.82. The van der Waals surface area contributed by atoms with Gasteiger partial charge in [0.05, 0.1) is 7.11 Å². The lowest BCUT2D eigenvalue weighted by Gasteiger charge is -2.24. The molecule has 0 spiro atoms. The van der Waals surface area contributed by atoms with Crippen LogP contribution in [0.25, 0.3) is 5.57 Å². The summed E-state index contributed by atoms with van der Waals surface area (Å²) >= 11 is 0. The number of hydrogen-bond acceptors (Lipinski definition) is 3. The standard InChI is InChI=1S/C23H27NO2/c1-26-23(25)14-8-9-15-24-18-21(20-12-6-3-7-13-20)17-22(24)16-19-10-4-2-5-11-19/h2-7,10-13,17,22H,8-9,14-16,18H2,1H3. The van der Waals surface area contributed by atoms with Crippen LogP contribution in [0.5, 0.6) is 0 Å². The summed E-state index contributed by atoms with van der Waals surface area (Å²) in [6.07, 6.45) is 5.83. The van der Waals surface area contributed by atoms with Crippen LogP contribution in [-0.4, -0.2) is 37.1 Å². The van der Waals surface area contributed by atoms with Crippen molar-refractivity contribution >= 4 is 11.5 Å². The third-order valence-electron chi connectivity index (χ3n) is 4.97. The molecule has 1 aliphatic rings. The van der Waals surface area contributed by atoms with E-state index < -0.39 is 0 Å². The quantitative estimate of drug-likeness (QED) is 0.524. The highest BCUT2D eigenvalue weighted by molar-refractivity contribution is 5.70. The molecular weight excluding hydrogens is 322 g/mol. The normalized spacial score (nSPS) is 17.1. The second-order valence-electron chi connectivity index (χ2n) is 6.82. The molecular formula is C23H27NO2. The molecule has 0 bridgehead atoms. The van der Waals surface area contributed by atoms with E-state index in [1.54, 1.807) is 0 Å². The molecule has 26 heavy (non-hydrogen) atoms. The lowest BCUT2D eigenvalue weighted by atomic mass is 10.0. The number of carbonyl (C=O) groups excluding carboxylic acids is 1. The average molecular weight is 349 g/mol. The van der Waals surface area contributed by atoms with Crippen LogP contribution in [0.1, 0.15) is 30.4 Å². The first-order chi connectivity index (χ1) is 12.8. The van der Waals surface area contributed by atoms with E-state index >= 15 is 0 Å². The Morgan fingerprint density at radius 3 is 2.42 bits per heavy atom. The molecule has 0 radical (unpaired) electrons. The Morgan fingerprint density at radius 2 is 1.73 bits per heavy atom. The number of nitrogens with zero attached hydrogens (tertiary/aromatic N) is 1. The number of carbonyl (C=O) groups is 1. The van der Waals surface area contributed by atoms with Gasteiger partial charge >= 0.3 is 5.97 Å². The van der Waals surface area contributed by atoms with Gasteiger partial charge in [-0.05, 0) is 42.5 Å². The zero-order valence-corrected chi connectivity index (χ0v) is 15.4. The zero-order chi connectivity index (χ0) is 18.2. The Bertz CT molecular complexity index is 724. The number of benzene rings is 2. The van der Waals surface area contributed by atoms with Crippen molar-refractivity contribution in [3.05, 3.63) is 77.9 Å². The van der Waals surface area contributed by atoms with E-state index in [-0.39, 0.29) is 5.97 Å². The number of ether oxygens (including phenoxy) is 1. The van der Waals surface area contributed by atoms with Crippen molar-refractivity contribution in [2.45, 2.75) is 31.7 Å². The van der Waals surface area contributed by atoms with Gasteiger partial charge in [-0.3, -0.25) is 9.69 Å². The van der Waals surface area contributed by atoms with E-state index in [2.05, 4.69) is 71.6 Å². The van der Waals surface area contributed by atoms with E-state index in [9.17, 15) is 4.79 Å². The lowest BCUT2D eigenvalue weighted by Crippen LogP contribution is -2.33. The summed E-state index contributed by atoms with van der Waals surface area (Å²) in [4.78, 5) is 13.8. The maximum atomic E-state index is 11.3. The van der Waals surface area contributed by atoms with Crippen LogP contribution in [-0.2, 0) is 16.0 Å². The predicted molar refractivity (Wildman–Crippen MR) is 106 cm³/mol. The smallest absolute Gasteiger partial charge is 0.305 e. The van der Waals surface area contributed by atoms with E-state index in [1.165, 1.54) is 23.8 Å². The van der Waals surface area contributed by atoms with Gasteiger partial charge < -0.3 is 4.74 Å². The van der Waals surface area contributed by atoms with Crippen molar-refractivity contribution in [3.63, 3.8) is 0 Å². The highest BCUT2D eigenvalue weighted by Crippen LogP contribution is 2.27. The summed E-state index contributed by atoms with van der Waals surface area (Å²) in [6.45, 7) is 1.97. The van der Waals surface area contributed by atoms with Crippen molar-refractivity contribution in [2.75, 3.05) is 20.2 Å². The molecule has 0 saturated heterocycles. The van der Waals surface area contributed by atoms with Crippen molar-refractivity contribution in [2.24, 2.45) is 0 Å². The van der Waals surface area contributed by atoms with Gasteiger partial charge in [-0.15, -0.1) is 0 Å². The molecule has 1 unspecified atom stereocenters. The van der Waals surface area contributed by atoms with Gasteiger partial charge in [-0.25, -0.2) is 0 Å². The number of rotatable bonds is 8. The minimum atomic E-state index is -0.115. The van der Waals surface area contributed by atoms with Crippen LogP contribution in [0.3, 0.4) is 0 Å². The molecule has 3 nitrogen and oxygen atoms in total. The number of unbranched alkanes of at least 4 members (excludes halogenated alkanes) is 1. The molecule has 1 atom stereocenters. The van der Waals surface area contributed by atoms with Gasteiger partial charge in [0.2, 0.25) is 0 Å². The van der Waals surface area contributed by atoms with E-state index in [4.69, 9.17) is 4.74 Å². The lowest BCUT2D eigenvalue weighted by molar-refractivity contribution is -0.140. The summed E-state index contributed by atoms with van der Waals surface area (Å²) in [5.74, 6) is -0.115. The molecule has 0 saturated carbocycles. The number of hydrogen-bond donors (Lipinski definition) is 0. The highest BCUT2D eigenvalue weighted by Gasteiger charge is 2.25. The van der Waals surface area contributed by atoms with Gasteiger partial charge in [0.15, 0.2) is 0 Å². The summed E-state index contributed by atoms with van der Waals surface area (Å²) < 4.78 is 4.73. The van der Waals surface area contributed by atoms with Crippen LogP contribution in [0.15, 0.2) is 66.7 Å². The van der Waals surface area contributed by atoms with Gasteiger partial charge in [0.25, 0.3) is 0 Å². The fourth-order valence-electron chi connectivity index (χ4n) is 3.54. The Hall–Kier alpha value is -2.39. The van der Waals surface area contributed by atoms with Gasteiger partial charge in [-0.2, -0.15) is 0 Å². The third kappa shape index (κ3) is 5.06. The second kappa shape index (κ2) is 9.35. The number of esters is 1. The zero-order valence-electron chi connectivity index (χ0n) is 15.4. The molecule has 0 amide bonds. The summed E-state index contributed by atoms with van der Waals surface area (Å²) in [6, 6.07) is 21.7. The van der Waals surface area contributed by atoms with Crippen LogP contribution in [0, 0.1) is 0 Å². The fraction of sp³-hybridized carbons (Fsp3) is 0.348. The topological polar surface area (TPSA) is 29.5 Å². The highest BCUT2D eigenvalue weighted by atomic mass is 16.5. The average Bonchev–Trinajstić information content (AvgIpc) is 3.09. The molecule has 1 aliphatic heterocycles. The predicted octanol–water partition coefficient (Wildman–Crippen LogP) is 4.34. The van der Waals surface area contributed by atoms with Crippen molar-refractivity contribution in [1.29, 1.82) is 0 Å². The van der Waals surface area contributed by atoms with Crippen LogP contribution >= 0.6 is 0 Å². The fourth-order valence-corrected chi connectivity index (χ4v) is 3.54. The minimum Gasteiger partial charge on any atom is -0.469 e. The van der Waals surface area contributed by atoms with E-state index in [0.717, 1.165) is 32.4 Å². The first-order valence-corrected chi connectivity index (χ1v) is 9.37. The molecule has 3 rings (SSSR count). The Balaban J connectivity index is 1.65. The molecule has 0 aliphatic carbocycles. The van der Waals surface area contributed by atoms with Gasteiger partial charge in [-0.1, -0.05) is 66.7 Å². The SMILES string of the molecule is COC(=O)CCCCN1CC(c2ccccc2)=CC1Cc1ccccc1. The van der Waals surface area contributed by atoms with Crippen molar-refractivity contribution in [3.8, 4) is 0 Å². The molecule has 0 N–H and O–H groups in total. The van der Waals surface area contributed by atoms with Crippen molar-refractivity contribution in [1.82, 2.24) is 4.90 Å². The molecule has 3 heteroatoms. The van der Waals surface area contributed by atoms with Gasteiger partial charge in [0, 0.05) is 19.0 Å². The Morgan fingerprint density at radius 1 is 1.04 bits per heavy atom. The maximum absolute atomic E-state index is 11.3. The summed E-state index contributed by atoms with van der Waals surface area (Å²) in [5, 5.41) is 0. The molecule has 0 fully saturated rings. The van der Waals surface area contributed by atoms with Crippen LogP contribution in [0.2, 0.25) is 0 Å². The first-order valence-electron chi connectivity index (χ1n) is 9.37. The summed E-state index contributed by atoms with van der Waals surface area (Å²) in [7, 11) is 1.45. The minimum absolute atomic E-state index is 0.115. The van der Waals surface area contributed by atoms with E-state index in [1.807, 2.05) is 0 Å². The largest absolute Gasteiger partial charge is 0.469 e. The molecule has 136 valence electrons. The number of methoxy groups -OCH3 is 1. The third-order valence-corrected chi connectivity index (χ3v) is 4.97. The Kier molecular flexibility index (Phi) is 6.62. The monoisotopic (exact) mass is 349 g/mol. The molecule has 2 aromatic rings. The van der Waals surface area contributed by atoms with Crippen LogP contribution in [0.4, 0.5) is 0 Å². The van der Waals surface area contributed by atoms with E-state index in [0.29, 0.717) is 12.5 Å². The molecule has 1 heterocycles. The maximum Gasteiger partial charge on any atom is 0.305 e. The van der Waals surface area contributed by atoms with Gasteiger partial charge in [0.1, 0.15) is 0 Å². The first kappa shape index (κ1) is 18.4. The van der Waals surface area contributed by atoms with Crippen LogP contribution < -0.4 is 0 Å². The molecule has 2 aromatic carbocycles. The summed E-state index contributed by atoms with van der Waals surface area (Å²) in [5.41, 5.74) is 4.07.